The Bertz CT molecular complexity index is 1140. The first kappa shape index (κ1) is 23.8. The number of halogens is 3. The number of carbonyl (C=O) groups excluding carboxylic acids is 2. The van der Waals surface area contributed by atoms with Gasteiger partial charge >= 0.3 is 6.18 Å². The maximum Gasteiger partial charge on any atom is 0.416 e. The molecule has 7 nitrogen and oxygen atoms in total. The zero-order valence-corrected chi connectivity index (χ0v) is 18.1. The molecule has 3 rings (SSSR count). The van der Waals surface area contributed by atoms with Gasteiger partial charge in [0.05, 0.1) is 24.6 Å². The van der Waals surface area contributed by atoms with Crippen LogP contribution in [-0.4, -0.2) is 28.7 Å². The molecule has 0 fully saturated rings. The predicted octanol–water partition coefficient (Wildman–Crippen LogP) is 4.57. The summed E-state index contributed by atoms with van der Waals surface area (Å²) in [5.41, 5.74) is 0.604. The van der Waals surface area contributed by atoms with Crippen LogP contribution >= 0.6 is 0 Å². The predicted molar refractivity (Wildman–Crippen MR) is 116 cm³/mol. The zero-order valence-electron chi connectivity index (χ0n) is 18.1. The Kier molecular flexibility index (Phi) is 7.37. The second-order valence-electron chi connectivity index (χ2n) is 7.22. The first-order valence-corrected chi connectivity index (χ1v) is 10.2. The fourth-order valence-electron chi connectivity index (χ4n) is 3.10. The number of rotatable bonds is 8. The highest BCUT2D eigenvalue weighted by Crippen LogP contribution is 2.30. The summed E-state index contributed by atoms with van der Waals surface area (Å²) in [5, 5.41) is 9.62. The molecule has 0 saturated heterocycles. The molecular formula is C23H23F3N4O3. The van der Waals surface area contributed by atoms with Gasteiger partial charge in [-0.2, -0.15) is 18.3 Å². The lowest BCUT2D eigenvalue weighted by atomic mass is 10.2. The summed E-state index contributed by atoms with van der Waals surface area (Å²) in [4.78, 5) is 24.5. The lowest BCUT2D eigenvalue weighted by molar-refractivity contribution is -0.137. The third kappa shape index (κ3) is 6.12. The van der Waals surface area contributed by atoms with Crippen molar-refractivity contribution < 1.29 is 27.5 Å². The molecule has 0 aliphatic rings. The van der Waals surface area contributed by atoms with Gasteiger partial charge in [-0.15, -0.1) is 0 Å². The molecule has 2 amide bonds. The molecule has 0 aliphatic carbocycles. The third-order valence-corrected chi connectivity index (χ3v) is 4.69. The molecule has 0 aliphatic heterocycles. The van der Waals surface area contributed by atoms with E-state index in [1.54, 1.807) is 24.3 Å². The van der Waals surface area contributed by atoms with E-state index in [1.165, 1.54) is 25.4 Å². The van der Waals surface area contributed by atoms with Crippen LogP contribution in [0.5, 0.6) is 5.75 Å². The van der Waals surface area contributed by atoms with Crippen LogP contribution in [0, 0.1) is 0 Å². The van der Waals surface area contributed by atoms with Crippen molar-refractivity contribution in [3.8, 4) is 11.4 Å². The Morgan fingerprint density at radius 1 is 1.12 bits per heavy atom. The van der Waals surface area contributed by atoms with Crippen LogP contribution in [0.15, 0.2) is 54.7 Å². The number of hydrogen-bond acceptors (Lipinski definition) is 4. The van der Waals surface area contributed by atoms with Gasteiger partial charge in [0, 0.05) is 18.7 Å². The van der Waals surface area contributed by atoms with E-state index < -0.39 is 17.6 Å². The van der Waals surface area contributed by atoms with E-state index >= 15 is 0 Å². The number of hydrogen-bond donors (Lipinski definition) is 2. The van der Waals surface area contributed by atoms with Crippen LogP contribution in [0.3, 0.4) is 0 Å². The molecule has 1 heterocycles. The van der Waals surface area contributed by atoms with Gasteiger partial charge in [-0.25, -0.2) is 4.68 Å². The Labute approximate surface area is 188 Å². The zero-order chi connectivity index (χ0) is 24.0. The number of methoxy groups -OCH3 is 1. The number of nitrogens with one attached hydrogen (secondary N) is 2. The van der Waals surface area contributed by atoms with E-state index in [0.717, 1.165) is 28.8 Å². The average molecular weight is 460 g/mol. The maximum atomic E-state index is 13.0. The van der Waals surface area contributed by atoms with E-state index in [1.807, 2.05) is 6.92 Å². The molecule has 33 heavy (non-hydrogen) atoms. The molecule has 0 radical (unpaired) electrons. The van der Waals surface area contributed by atoms with Crippen LogP contribution < -0.4 is 15.4 Å². The normalized spacial score (nSPS) is 11.2. The fourth-order valence-corrected chi connectivity index (χ4v) is 3.10. The lowest BCUT2D eigenvalue weighted by Crippen LogP contribution is -2.24. The van der Waals surface area contributed by atoms with Crippen molar-refractivity contribution in [2.75, 3.05) is 12.4 Å². The number of nitrogens with zero attached hydrogens (tertiary/aromatic N) is 2. The number of ether oxygens (including phenoxy) is 1. The molecule has 2 N–H and O–H groups in total. The van der Waals surface area contributed by atoms with Crippen molar-refractivity contribution in [2.24, 2.45) is 0 Å². The SMILES string of the molecule is CCCC(=O)Nc1cccc(CNC(=O)c2nn(-c3cccc(C(F)(F)F)c3)cc2OC)c1. The second kappa shape index (κ2) is 10.2. The van der Waals surface area contributed by atoms with Crippen molar-refractivity contribution in [1.29, 1.82) is 0 Å². The Hall–Kier alpha value is -3.82. The Morgan fingerprint density at radius 2 is 1.88 bits per heavy atom. The molecule has 0 unspecified atom stereocenters. The highest BCUT2D eigenvalue weighted by molar-refractivity contribution is 5.95. The van der Waals surface area contributed by atoms with Gasteiger partial charge in [0.1, 0.15) is 0 Å². The molecule has 1 aromatic heterocycles. The van der Waals surface area contributed by atoms with Crippen molar-refractivity contribution >= 4 is 17.5 Å². The van der Waals surface area contributed by atoms with Gasteiger partial charge in [0.15, 0.2) is 11.4 Å². The van der Waals surface area contributed by atoms with Crippen LogP contribution in [-0.2, 0) is 17.5 Å². The minimum absolute atomic E-state index is 0.0673. The monoisotopic (exact) mass is 460 g/mol. The van der Waals surface area contributed by atoms with Crippen LogP contribution in [0.4, 0.5) is 18.9 Å². The van der Waals surface area contributed by atoms with Gasteiger partial charge in [-0.1, -0.05) is 25.1 Å². The van der Waals surface area contributed by atoms with Gasteiger partial charge < -0.3 is 15.4 Å². The van der Waals surface area contributed by atoms with Crippen molar-refractivity contribution in [3.63, 3.8) is 0 Å². The van der Waals surface area contributed by atoms with Gasteiger partial charge in [-0.3, -0.25) is 9.59 Å². The van der Waals surface area contributed by atoms with Crippen molar-refractivity contribution in [3.05, 3.63) is 71.5 Å². The van der Waals surface area contributed by atoms with Gasteiger partial charge in [0.25, 0.3) is 5.91 Å². The molecule has 0 spiro atoms. The number of amides is 2. The van der Waals surface area contributed by atoms with Crippen LogP contribution in [0.1, 0.15) is 41.4 Å². The van der Waals surface area contributed by atoms with Crippen LogP contribution in [0.25, 0.3) is 5.69 Å². The van der Waals surface area contributed by atoms with Gasteiger partial charge in [-0.05, 0) is 42.3 Å². The second-order valence-corrected chi connectivity index (χ2v) is 7.22. The Balaban J connectivity index is 1.74. The summed E-state index contributed by atoms with van der Waals surface area (Å²) in [6.07, 6.45) is -2.02. The summed E-state index contributed by atoms with van der Waals surface area (Å²) in [6, 6.07) is 11.6. The lowest BCUT2D eigenvalue weighted by Gasteiger charge is -2.09. The highest BCUT2D eigenvalue weighted by Gasteiger charge is 2.30. The number of alkyl halides is 3. The Morgan fingerprint density at radius 3 is 2.58 bits per heavy atom. The van der Waals surface area contributed by atoms with E-state index in [-0.39, 0.29) is 29.6 Å². The average Bonchev–Trinajstić information content (AvgIpc) is 3.22. The topological polar surface area (TPSA) is 85.3 Å². The van der Waals surface area contributed by atoms with Crippen molar-refractivity contribution in [2.45, 2.75) is 32.5 Å². The van der Waals surface area contributed by atoms with E-state index in [9.17, 15) is 22.8 Å². The molecule has 0 saturated carbocycles. The summed E-state index contributed by atoms with van der Waals surface area (Å²) in [6.45, 7) is 2.06. The first-order valence-electron chi connectivity index (χ1n) is 10.2. The molecular weight excluding hydrogens is 437 g/mol. The molecule has 3 aromatic rings. The summed E-state index contributed by atoms with van der Waals surface area (Å²) in [7, 11) is 1.34. The van der Waals surface area contributed by atoms with Gasteiger partial charge in [0.2, 0.25) is 5.91 Å². The number of anilines is 1. The molecule has 0 atom stereocenters. The summed E-state index contributed by atoms with van der Waals surface area (Å²) < 4.78 is 45.4. The standard InChI is InChI=1S/C23H23F3N4O3/c1-3-6-20(31)28-17-9-4-7-15(11-17)13-27-22(32)21-19(33-2)14-30(29-21)18-10-5-8-16(12-18)23(24,25)26/h4-5,7-12,14H,3,6,13H2,1-2H3,(H,27,32)(H,28,31). The number of aromatic nitrogens is 2. The highest BCUT2D eigenvalue weighted by atomic mass is 19.4. The minimum atomic E-state index is -4.50. The molecule has 2 aromatic carbocycles. The number of benzene rings is 2. The number of carbonyl (C=O) groups is 2. The minimum Gasteiger partial charge on any atom is -0.493 e. The smallest absolute Gasteiger partial charge is 0.416 e. The van der Waals surface area contributed by atoms with E-state index in [2.05, 4.69) is 15.7 Å². The van der Waals surface area contributed by atoms with E-state index in [0.29, 0.717) is 12.1 Å². The first-order chi connectivity index (χ1) is 15.7. The van der Waals surface area contributed by atoms with Crippen molar-refractivity contribution in [1.82, 2.24) is 15.1 Å². The fraction of sp³-hybridized carbons (Fsp3) is 0.261. The van der Waals surface area contributed by atoms with Crippen LogP contribution in [0.2, 0.25) is 0 Å². The maximum absolute atomic E-state index is 13.0. The quantitative estimate of drug-likeness (QED) is 0.516. The third-order valence-electron chi connectivity index (χ3n) is 4.69. The summed E-state index contributed by atoms with van der Waals surface area (Å²) in [5.74, 6) is -0.535. The van der Waals surface area contributed by atoms with E-state index in [4.69, 9.17) is 4.74 Å². The summed E-state index contributed by atoms with van der Waals surface area (Å²) >= 11 is 0. The molecule has 10 heteroatoms. The largest absolute Gasteiger partial charge is 0.493 e. The molecule has 174 valence electrons. The molecule has 0 bridgehead atoms.